The van der Waals surface area contributed by atoms with Crippen molar-refractivity contribution in [1.29, 1.82) is 0 Å². The molecular formula is C57H110O6. The van der Waals surface area contributed by atoms with Crippen LogP contribution in [0.2, 0.25) is 0 Å². The number of unbranched alkanes of at least 4 members (excludes halogenated alkanes) is 36. The molecule has 0 aromatic rings. The highest BCUT2D eigenvalue weighted by Crippen LogP contribution is 2.18. The summed E-state index contributed by atoms with van der Waals surface area (Å²) in [6.45, 7) is 11.4. The van der Waals surface area contributed by atoms with Crippen LogP contribution in [0.3, 0.4) is 0 Å². The van der Waals surface area contributed by atoms with E-state index < -0.39 is 6.10 Å². The van der Waals surface area contributed by atoms with Gasteiger partial charge in [0.2, 0.25) is 0 Å². The molecule has 1 atom stereocenters. The van der Waals surface area contributed by atoms with Crippen LogP contribution in [0, 0.1) is 11.8 Å². The Morgan fingerprint density at radius 3 is 0.778 bits per heavy atom. The van der Waals surface area contributed by atoms with Crippen molar-refractivity contribution in [3.05, 3.63) is 0 Å². The number of carbonyl (C=O) groups excluding carboxylic acids is 3. The van der Waals surface area contributed by atoms with E-state index in [4.69, 9.17) is 14.2 Å². The molecule has 0 rings (SSSR count). The summed E-state index contributed by atoms with van der Waals surface area (Å²) in [4.78, 5) is 38.1. The zero-order chi connectivity index (χ0) is 46.1. The minimum atomic E-state index is -0.763. The van der Waals surface area contributed by atoms with Gasteiger partial charge >= 0.3 is 17.9 Å². The molecule has 6 nitrogen and oxygen atoms in total. The normalized spacial score (nSPS) is 12.0. The zero-order valence-corrected chi connectivity index (χ0v) is 43.2. The lowest BCUT2D eigenvalue weighted by Crippen LogP contribution is -2.30. The molecule has 0 saturated carbocycles. The van der Waals surface area contributed by atoms with E-state index in [1.54, 1.807) is 0 Å². The van der Waals surface area contributed by atoms with Crippen molar-refractivity contribution in [1.82, 2.24) is 0 Å². The van der Waals surface area contributed by atoms with E-state index in [-0.39, 0.29) is 31.1 Å². The van der Waals surface area contributed by atoms with Crippen LogP contribution in [0.1, 0.15) is 317 Å². The molecule has 0 heterocycles. The molecule has 63 heavy (non-hydrogen) atoms. The molecule has 6 heteroatoms. The summed E-state index contributed by atoms with van der Waals surface area (Å²) in [6.07, 6.45) is 52.4. The van der Waals surface area contributed by atoms with Crippen LogP contribution in [-0.2, 0) is 28.6 Å². The lowest BCUT2D eigenvalue weighted by Gasteiger charge is -2.18. The summed E-state index contributed by atoms with van der Waals surface area (Å²) < 4.78 is 16.9. The van der Waals surface area contributed by atoms with Crippen molar-refractivity contribution in [2.24, 2.45) is 11.8 Å². The van der Waals surface area contributed by atoms with Crippen LogP contribution in [-0.4, -0.2) is 37.2 Å². The van der Waals surface area contributed by atoms with Gasteiger partial charge in [0.15, 0.2) is 6.10 Å². The Balaban J connectivity index is 4.28. The third-order valence-corrected chi connectivity index (χ3v) is 13.0. The molecule has 0 aliphatic heterocycles. The first-order valence-corrected chi connectivity index (χ1v) is 28.2. The smallest absolute Gasteiger partial charge is 0.306 e. The predicted molar refractivity (Wildman–Crippen MR) is 270 cm³/mol. The van der Waals surface area contributed by atoms with Crippen LogP contribution in [0.25, 0.3) is 0 Å². The summed E-state index contributed by atoms with van der Waals surface area (Å²) >= 11 is 0. The van der Waals surface area contributed by atoms with Crippen LogP contribution in [0.5, 0.6) is 0 Å². The van der Waals surface area contributed by atoms with Gasteiger partial charge in [-0.3, -0.25) is 14.4 Å². The summed E-state index contributed by atoms with van der Waals surface area (Å²) in [6, 6.07) is 0. The van der Waals surface area contributed by atoms with E-state index in [0.717, 1.165) is 69.6 Å². The van der Waals surface area contributed by atoms with E-state index in [1.807, 2.05) is 0 Å². The molecule has 0 unspecified atom stereocenters. The van der Waals surface area contributed by atoms with Crippen molar-refractivity contribution < 1.29 is 28.6 Å². The monoisotopic (exact) mass is 891 g/mol. The molecule has 0 aromatic carbocycles. The number of rotatable bonds is 51. The minimum Gasteiger partial charge on any atom is -0.462 e. The van der Waals surface area contributed by atoms with E-state index in [0.29, 0.717) is 19.3 Å². The molecular weight excluding hydrogens is 781 g/mol. The Bertz CT molecular complexity index is 962. The second kappa shape index (κ2) is 49.8. The van der Waals surface area contributed by atoms with E-state index in [9.17, 15) is 14.4 Å². The summed E-state index contributed by atoms with van der Waals surface area (Å²) in [7, 11) is 0. The summed E-state index contributed by atoms with van der Waals surface area (Å²) in [5, 5.41) is 0. The van der Waals surface area contributed by atoms with Gasteiger partial charge in [0.25, 0.3) is 0 Å². The van der Waals surface area contributed by atoms with Crippen LogP contribution < -0.4 is 0 Å². The first-order valence-electron chi connectivity index (χ1n) is 28.2. The zero-order valence-electron chi connectivity index (χ0n) is 43.2. The molecule has 0 aliphatic rings. The molecule has 0 aliphatic carbocycles. The van der Waals surface area contributed by atoms with E-state index in [1.165, 1.54) is 205 Å². The highest BCUT2D eigenvalue weighted by Gasteiger charge is 2.19. The number of esters is 3. The minimum absolute atomic E-state index is 0.0632. The van der Waals surface area contributed by atoms with Gasteiger partial charge in [0, 0.05) is 19.3 Å². The molecule has 0 spiro atoms. The molecule has 0 aromatic heterocycles. The molecule has 0 N–H and O–H groups in total. The maximum absolute atomic E-state index is 12.8. The quantitative estimate of drug-likeness (QED) is 0.0344. The number of ether oxygens (including phenoxy) is 3. The highest BCUT2D eigenvalue weighted by molar-refractivity contribution is 5.71. The van der Waals surface area contributed by atoms with Gasteiger partial charge in [-0.1, -0.05) is 279 Å². The predicted octanol–water partition coefficient (Wildman–Crippen LogP) is 18.5. The Morgan fingerprint density at radius 1 is 0.302 bits per heavy atom. The topological polar surface area (TPSA) is 78.9 Å². The fraction of sp³-hybridized carbons (Fsp3) is 0.947. The second-order valence-corrected chi connectivity index (χ2v) is 20.5. The van der Waals surface area contributed by atoms with Crippen molar-refractivity contribution >= 4 is 17.9 Å². The molecule has 0 saturated heterocycles. The maximum Gasteiger partial charge on any atom is 0.306 e. The third-order valence-electron chi connectivity index (χ3n) is 13.0. The van der Waals surface area contributed by atoms with Crippen LogP contribution in [0.15, 0.2) is 0 Å². The first-order chi connectivity index (χ1) is 30.7. The van der Waals surface area contributed by atoms with E-state index >= 15 is 0 Å². The fourth-order valence-corrected chi connectivity index (χ4v) is 8.70. The summed E-state index contributed by atoms with van der Waals surface area (Å²) in [5.41, 5.74) is 0. The third kappa shape index (κ3) is 51.3. The number of carbonyl (C=O) groups is 3. The average molecular weight is 892 g/mol. The van der Waals surface area contributed by atoms with Gasteiger partial charge in [-0.15, -0.1) is 0 Å². The molecule has 0 radical (unpaired) electrons. The van der Waals surface area contributed by atoms with Crippen molar-refractivity contribution in [2.45, 2.75) is 323 Å². The molecule has 0 amide bonds. The van der Waals surface area contributed by atoms with E-state index in [2.05, 4.69) is 34.6 Å². The van der Waals surface area contributed by atoms with Crippen molar-refractivity contribution in [2.75, 3.05) is 13.2 Å². The summed E-state index contributed by atoms with van der Waals surface area (Å²) in [5.74, 6) is 0.797. The Hall–Kier alpha value is -1.59. The second-order valence-electron chi connectivity index (χ2n) is 20.5. The largest absolute Gasteiger partial charge is 0.462 e. The SMILES string of the molecule is CCCCCCCCCCCCCCCCCCCCC(=O)OC[C@H](COC(=O)CCCCCCCCCCCC(C)C)OC(=O)CCCCCCCCCCCCCCC(C)C. The Kier molecular flexibility index (Phi) is 48.6. The van der Waals surface area contributed by atoms with Gasteiger partial charge in [-0.2, -0.15) is 0 Å². The molecule has 0 bridgehead atoms. The van der Waals surface area contributed by atoms with Gasteiger partial charge < -0.3 is 14.2 Å². The van der Waals surface area contributed by atoms with Gasteiger partial charge in [-0.05, 0) is 31.1 Å². The molecule has 374 valence electrons. The van der Waals surface area contributed by atoms with Crippen LogP contribution >= 0.6 is 0 Å². The number of hydrogen-bond acceptors (Lipinski definition) is 6. The van der Waals surface area contributed by atoms with Gasteiger partial charge in [0.05, 0.1) is 0 Å². The lowest BCUT2D eigenvalue weighted by molar-refractivity contribution is -0.167. The Morgan fingerprint density at radius 2 is 0.524 bits per heavy atom. The lowest BCUT2D eigenvalue weighted by atomic mass is 10.0. The maximum atomic E-state index is 12.8. The van der Waals surface area contributed by atoms with Crippen molar-refractivity contribution in [3.8, 4) is 0 Å². The highest BCUT2D eigenvalue weighted by atomic mass is 16.6. The number of hydrogen-bond donors (Lipinski definition) is 0. The molecule has 0 fully saturated rings. The van der Waals surface area contributed by atoms with Crippen molar-refractivity contribution in [3.63, 3.8) is 0 Å². The average Bonchev–Trinajstić information content (AvgIpc) is 3.25. The van der Waals surface area contributed by atoms with Gasteiger partial charge in [-0.25, -0.2) is 0 Å². The Labute approximate surface area is 393 Å². The van der Waals surface area contributed by atoms with Crippen LogP contribution in [0.4, 0.5) is 0 Å². The standard InChI is InChI=1S/C57H110O6/c1-6-7-8-9-10-11-12-13-14-15-16-17-18-22-27-32-37-42-47-55(58)61-50-54(51-62-56(59)48-43-38-33-29-24-26-31-36-41-46-53(4)5)63-57(60)49-44-39-34-28-23-20-19-21-25-30-35-40-45-52(2)3/h52-54H,6-51H2,1-5H3/t54-/m1/s1. The first kappa shape index (κ1) is 61.4. The fourth-order valence-electron chi connectivity index (χ4n) is 8.70. The van der Waals surface area contributed by atoms with Gasteiger partial charge in [0.1, 0.15) is 13.2 Å².